The Balaban J connectivity index is 2.25. The first-order valence-corrected chi connectivity index (χ1v) is 7.64. The van der Waals surface area contributed by atoms with Gasteiger partial charge in [0.25, 0.3) is 0 Å². The van der Waals surface area contributed by atoms with Gasteiger partial charge in [-0.3, -0.25) is 4.79 Å². The highest BCUT2D eigenvalue weighted by atomic mass is 79.9. The fourth-order valence-electron chi connectivity index (χ4n) is 2.18. The zero-order valence-electron chi connectivity index (χ0n) is 11.4. The molecule has 0 aliphatic rings. The van der Waals surface area contributed by atoms with Crippen molar-refractivity contribution in [3.8, 4) is 16.9 Å². The third kappa shape index (κ3) is 2.80. The summed E-state index contributed by atoms with van der Waals surface area (Å²) >= 11 is 9.10. The maximum absolute atomic E-state index is 14.0. The van der Waals surface area contributed by atoms with E-state index < -0.39 is 11.6 Å². The van der Waals surface area contributed by atoms with Crippen molar-refractivity contribution in [2.24, 2.45) is 0 Å². The molecule has 0 saturated carbocycles. The zero-order valence-corrected chi connectivity index (χ0v) is 13.8. The van der Waals surface area contributed by atoms with Crippen molar-refractivity contribution in [2.75, 3.05) is 0 Å². The minimum Gasteiger partial charge on any atom is -0.298 e. The summed E-state index contributed by atoms with van der Waals surface area (Å²) in [6.07, 6.45) is 0.505. The van der Waals surface area contributed by atoms with Gasteiger partial charge in [-0.2, -0.15) is 5.10 Å². The van der Waals surface area contributed by atoms with Gasteiger partial charge in [-0.25, -0.2) is 13.5 Å². The molecule has 0 fully saturated rings. The number of carbonyl (C=O) groups is 1. The summed E-state index contributed by atoms with van der Waals surface area (Å²) in [5.74, 6) is -1.58. The van der Waals surface area contributed by atoms with Crippen molar-refractivity contribution in [3.63, 3.8) is 0 Å². The second-order valence-corrected chi connectivity index (χ2v) is 5.84. The van der Waals surface area contributed by atoms with Gasteiger partial charge < -0.3 is 0 Å². The Morgan fingerprint density at radius 3 is 2.26 bits per heavy atom. The minimum atomic E-state index is -0.790. The topological polar surface area (TPSA) is 34.9 Å². The number of nitrogens with zero attached hydrogens (tertiary/aromatic N) is 2. The van der Waals surface area contributed by atoms with Crippen LogP contribution in [0.15, 0.2) is 47.1 Å². The molecule has 7 heteroatoms. The summed E-state index contributed by atoms with van der Waals surface area (Å²) in [6, 6.07) is 10.1. The predicted octanol–water partition coefficient (Wildman–Crippen LogP) is 5.05. The number of aldehydes is 1. The highest BCUT2D eigenvalue weighted by Crippen LogP contribution is 2.33. The largest absolute Gasteiger partial charge is 0.298 e. The maximum Gasteiger partial charge on any atom is 0.155 e. The monoisotopic (exact) mass is 396 g/mol. The Morgan fingerprint density at radius 2 is 1.70 bits per heavy atom. The second kappa shape index (κ2) is 6.22. The summed E-state index contributed by atoms with van der Waals surface area (Å²) in [6.45, 7) is 0. The van der Waals surface area contributed by atoms with E-state index in [0.29, 0.717) is 21.6 Å². The average molecular weight is 398 g/mol. The van der Waals surface area contributed by atoms with Crippen LogP contribution in [0.3, 0.4) is 0 Å². The molecule has 0 radical (unpaired) electrons. The molecule has 116 valence electrons. The molecule has 3 rings (SSSR count). The van der Waals surface area contributed by atoms with Crippen molar-refractivity contribution in [3.05, 3.63) is 69.3 Å². The van der Waals surface area contributed by atoms with Crippen LogP contribution in [0.4, 0.5) is 8.78 Å². The molecular formula is C16H8BrClF2N2O. The van der Waals surface area contributed by atoms with Crippen LogP contribution in [0.25, 0.3) is 16.9 Å². The molecule has 0 bridgehead atoms. The molecule has 0 atom stereocenters. The minimum absolute atomic E-state index is 0.0592. The Hall–Kier alpha value is -2.05. The summed E-state index contributed by atoms with van der Waals surface area (Å²) < 4.78 is 29.7. The zero-order chi connectivity index (χ0) is 16.6. The number of hydrogen-bond acceptors (Lipinski definition) is 2. The van der Waals surface area contributed by atoms with Gasteiger partial charge in [0, 0.05) is 5.02 Å². The lowest BCUT2D eigenvalue weighted by atomic mass is 10.1. The van der Waals surface area contributed by atoms with E-state index in [-0.39, 0.29) is 16.8 Å². The molecule has 0 N–H and O–H groups in total. The van der Waals surface area contributed by atoms with Crippen LogP contribution in [0, 0.1) is 11.6 Å². The van der Waals surface area contributed by atoms with Gasteiger partial charge in [0.1, 0.15) is 21.9 Å². The summed E-state index contributed by atoms with van der Waals surface area (Å²) in [7, 11) is 0. The summed E-state index contributed by atoms with van der Waals surface area (Å²) in [5.41, 5.74) is 0.233. The Morgan fingerprint density at radius 1 is 1.09 bits per heavy atom. The molecular weight excluding hydrogens is 390 g/mol. The van der Waals surface area contributed by atoms with Crippen molar-refractivity contribution in [1.82, 2.24) is 9.78 Å². The van der Waals surface area contributed by atoms with Crippen LogP contribution in [0.1, 0.15) is 10.4 Å². The SMILES string of the molecule is O=Cc1c(-c2c(F)cccc2F)nn(-c2ccc(Cl)cc2)c1Br. The number of carbonyl (C=O) groups excluding carboxylic acids is 1. The Bertz CT molecular complexity index is 874. The lowest BCUT2D eigenvalue weighted by molar-refractivity contribution is 0.112. The first-order chi connectivity index (χ1) is 11.0. The average Bonchev–Trinajstić information content (AvgIpc) is 2.84. The summed E-state index contributed by atoms with van der Waals surface area (Å²) in [4.78, 5) is 11.4. The van der Waals surface area contributed by atoms with Crippen LogP contribution in [-0.4, -0.2) is 16.1 Å². The number of rotatable bonds is 3. The summed E-state index contributed by atoms with van der Waals surface area (Å²) in [5, 5.41) is 4.72. The number of aromatic nitrogens is 2. The molecule has 0 aliphatic carbocycles. The van der Waals surface area contributed by atoms with E-state index in [1.54, 1.807) is 24.3 Å². The van der Waals surface area contributed by atoms with Gasteiger partial charge in [0.2, 0.25) is 0 Å². The van der Waals surface area contributed by atoms with Gasteiger partial charge in [-0.05, 0) is 52.3 Å². The fourth-order valence-corrected chi connectivity index (χ4v) is 2.87. The van der Waals surface area contributed by atoms with E-state index in [9.17, 15) is 13.6 Å². The number of hydrogen-bond donors (Lipinski definition) is 0. The van der Waals surface area contributed by atoms with E-state index in [4.69, 9.17) is 11.6 Å². The molecule has 0 spiro atoms. The van der Waals surface area contributed by atoms with E-state index in [1.807, 2.05) is 0 Å². The van der Waals surface area contributed by atoms with Gasteiger partial charge >= 0.3 is 0 Å². The number of halogens is 4. The third-order valence-corrected chi connectivity index (χ3v) is 4.27. The Labute approximate surface area is 143 Å². The van der Waals surface area contributed by atoms with Gasteiger partial charge in [-0.1, -0.05) is 17.7 Å². The van der Waals surface area contributed by atoms with Crippen molar-refractivity contribution < 1.29 is 13.6 Å². The molecule has 0 amide bonds. The van der Waals surface area contributed by atoms with Crippen molar-refractivity contribution >= 4 is 33.8 Å². The van der Waals surface area contributed by atoms with Gasteiger partial charge in [0.05, 0.1) is 16.8 Å². The van der Waals surface area contributed by atoms with Crippen LogP contribution < -0.4 is 0 Å². The second-order valence-electron chi connectivity index (χ2n) is 4.66. The molecule has 1 aromatic heterocycles. The van der Waals surface area contributed by atoms with E-state index in [0.717, 1.165) is 12.1 Å². The standard InChI is InChI=1S/C16H8BrClF2N2O/c17-16-11(8-23)15(14-12(19)2-1-3-13(14)20)21-22(16)10-6-4-9(18)5-7-10/h1-8H. The third-order valence-electron chi connectivity index (χ3n) is 3.25. The Kier molecular flexibility index (Phi) is 4.28. The molecule has 3 nitrogen and oxygen atoms in total. The molecule has 0 aliphatic heterocycles. The molecule has 3 aromatic rings. The molecule has 1 heterocycles. The highest BCUT2D eigenvalue weighted by Gasteiger charge is 2.23. The van der Waals surface area contributed by atoms with Crippen LogP contribution >= 0.6 is 27.5 Å². The van der Waals surface area contributed by atoms with Gasteiger partial charge in [0.15, 0.2) is 6.29 Å². The molecule has 0 saturated heterocycles. The first kappa shape index (κ1) is 15.8. The molecule has 0 unspecified atom stereocenters. The maximum atomic E-state index is 14.0. The van der Waals surface area contributed by atoms with E-state index in [2.05, 4.69) is 21.0 Å². The van der Waals surface area contributed by atoms with Gasteiger partial charge in [-0.15, -0.1) is 0 Å². The normalized spacial score (nSPS) is 10.8. The van der Waals surface area contributed by atoms with Crippen LogP contribution in [0.5, 0.6) is 0 Å². The number of benzene rings is 2. The highest BCUT2D eigenvalue weighted by molar-refractivity contribution is 9.10. The first-order valence-electron chi connectivity index (χ1n) is 6.47. The predicted molar refractivity (Wildman–Crippen MR) is 87.0 cm³/mol. The van der Waals surface area contributed by atoms with E-state index in [1.165, 1.54) is 10.7 Å². The fraction of sp³-hybridized carbons (Fsp3) is 0. The molecule has 23 heavy (non-hydrogen) atoms. The van der Waals surface area contributed by atoms with E-state index >= 15 is 0 Å². The quantitative estimate of drug-likeness (QED) is 0.580. The molecule has 2 aromatic carbocycles. The van der Waals surface area contributed by atoms with Crippen LogP contribution in [-0.2, 0) is 0 Å². The smallest absolute Gasteiger partial charge is 0.155 e. The van der Waals surface area contributed by atoms with Crippen molar-refractivity contribution in [1.29, 1.82) is 0 Å². The lowest BCUT2D eigenvalue weighted by Crippen LogP contribution is -1.97. The lowest BCUT2D eigenvalue weighted by Gasteiger charge is -2.03. The van der Waals surface area contributed by atoms with Crippen LogP contribution in [0.2, 0.25) is 5.02 Å². The van der Waals surface area contributed by atoms with Crippen molar-refractivity contribution in [2.45, 2.75) is 0 Å².